The van der Waals surface area contributed by atoms with Crippen LogP contribution in [0.15, 0.2) is 24.3 Å². The van der Waals surface area contributed by atoms with Crippen molar-refractivity contribution in [3.63, 3.8) is 0 Å². The maximum absolute atomic E-state index is 3.55. The van der Waals surface area contributed by atoms with E-state index in [1.54, 1.807) is 0 Å². The molecule has 0 heterocycles. The summed E-state index contributed by atoms with van der Waals surface area (Å²) in [6.45, 7) is 1.27. The smallest absolute Gasteiger partial charge is 0.0481 e. The van der Waals surface area contributed by atoms with Crippen LogP contribution in [-0.2, 0) is 6.42 Å². The lowest BCUT2D eigenvalue weighted by Gasteiger charge is -2.34. The van der Waals surface area contributed by atoms with E-state index in [2.05, 4.69) is 48.6 Å². The Morgan fingerprint density at radius 3 is 2.65 bits per heavy atom. The Bertz CT molecular complexity index is 437. The van der Waals surface area contributed by atoms with Gasteiger partial charge >= 0.3 is 0 Å². The summed E-state index contributed by atoms with van der Waals surface area (Å²) in [6.07, 6.45) is 8.42. The first-order valence-corrected chi connectivity index (χ1v) is 8.25. The maximum atomic E-state index is 3.55. The van der Waals surface area contributed by atoms with Gasteiger partial charge in [0.2, 0.25) is 0 Å². The van der Waals surface area contributed by atoms with Crippen molar-refractivity contribution in [2.24, 2.45) is 5.92 Å². The van der Waals surface area contributed by atoms with E-state index in [1.165, 1.54) is 56.2 Å². The molecule has 1 saturated carbocycles. The first-order chi connectivity index (χ1) is 9.79. The largest absolute Gasteiger partial charge is 0.312 e. The molecule has 0 saturated heterocycles. The predicted octanol–water partition coefficient (Wildman–Crippen LogP) is 3.38. The molecule has 0 aromatic heterocycles. The van der Waals surface area contributed by atoms with Crippen molar-refractivity contribution < 1.29 is 0 Å². The van der Waals surface area contributed by atoms with Gasteiger partial charge in [-0.2, -0.15) is 0 Å². The summed E-state index contributed by atoms with van der Waals surface area (Å²) in [5.41, 5.74) is 3.04. The summed E-state index contributed by atoms with van der Waals surface area (Å²) in [4.78, 5) is 2.62. The first kappa shape index (κ1) is 14.1. The third kappa shape index (κ3) is 2.77. The molecule has 1 fully saturated rings. The summed E-state index contributed by atoms with van der Waals surface area (Å²) in [6, 6.07) is 10.1. The summed E-state index contributed by atoms with van der Waals surface area (Å²) < 4.78 is 0. The predicted molar refractivity (Wildman–Crippen MR) is 84.9 cm³/mol. The van der Waals surface area contributed by atoms with E-state index in [0.29, 0.717) is 12.1 Å². The van der Waals surface area contributed by atoms with Gasteiger partial charge in [0.05, 0.1) is 0 Å². The average Bonchev–Trinajstić information content (AvgIpc) is 2.87. The van der Waals surface area contributed by atoms with Gasteiger partial charge in [0.25, 0.3) is 0 Å². The van der Waals surface area contributed by atoms with Crippen LogP contribution in [0.25, 0.3) is 0 Å². The highest BCUT2D eigenvalue weighted by molar-refractivity contribution is 5.37. The minimum absolute atomic E-state index is 0.500. The van der Waals surface area contributed by atoms with E-state index >= 15 is 0 Å². The molecular formula is C18H28N2. The molecule has 0 spiro atoms. The molecule has 110 valence electrons. The summed E-state index contributed by atoms with van der Waals surface area (Å²) in [5.74, 6) is 0.926. The molecule has 2 heteroatoms. The molecule has 3 rings (SSSR count). The number of likely N-dealkylation sites (N-methyl/N-ethyl adjacent to an activating group) is 2. The van der Waals surface area contributed by atoms with E-state index in [-0.39, 0.29) is 0 Å². The van der Waals surface area contributed by atoms with Crippen molar-refractivity contribution in [1.29, 1.82) is 0 Å². The molecular weight excluding hydrogens is 244 g/mol. The van der Waals surface area contributed by atoms with Crippen LogP contribution in [0.1, 0.15) is 49.3 Å². The molecule has 2 nitrogen and oxygen atoms in total. The number of rotatable bonds is 4. The molecule has 2 aliphatic rings. The number of hydrogen-bond donors (Lipinski definition) is 1. The van der Waals surface area contributed by atoms with E-state index in [9.17, 15) is 0 Å². The second-order valence-electron chi connectivity index (χ2n) is 6.68. The Hall–Kier alpha value is -0.860. The van der Waals surface area contributed by atoms with Crippen LogP contribution in [-0.4, -0.2) is 31.6 Å². The monoisotopic (exact) mass is 272 g/mol. The molecule has 2 aliphatic carbocycles. The van der Waals surface area contributed by atoms with E-state index in [4.69, 9.17) is 0 Å². The van der Waals surface area contributed by atoms with Crippen LogP contribution in [0.5, 0.6) is 0 Å². The van der Waals surface area contributed by atoms with Crippen LogP contribution in [0.3, 0.4) is 0 Å². The minimum atomic E-state index is 0.500. The van der Waals surface area contributed by atoms with Crippen LogP contribution in [0, 0.1) is 5.92 Å². The van der Waals surface area contributed by atoms with Crippen LogP contribution in [0.2, 0.25) is 0 Å². The topological polar surface area (TPSA) is 15.3 Å². The Balaban J connectivity index is 1.67. The van der Waals surface area contributed by atoms with E-state index in [0.717, 1.165) is 5.92 Å². The van der Waals surface area contributed by atoms with Gasteiger partial charge in [0, 0.05) is 18.6 Å². The Morgan fingerprint density at radius 2 is 1.90 bits per heavy atom. The highest BCUT2D eigenvalue weighted by Crippen LogP contribution is 2.35. The van der Waals surface area contributed by atoms with Gasteiger partial charge in [-0.3, -0.25) is 0 Å². The molecule has 2 atom stereocenters. The lowest BCUT2D eigenvalue weighted by molar-refractivity contribution is 0.161. The maximum Gasteiger partial charge on any atom is 0.0481 e. The average molecular weight is 272 g/mol. The number of benzene rings is 1. The van der Waals surface area contributed by atoms with Crippen LogP contribution < -0.4 is 5.32 Å². The van der Waals surface area contributed by atoms with Gasteiger partial charge in [-0.15, -0.1) is 0 Å². The zero-order valence-corrected chi connectivity index (χ0v) is 12.9. The lowest BCUT2D eigenvalue weighted by atomic mass is 9.88. The van der Waals surface area contributed by atoms with Gasteiger partial charge < -0.3 is 10.2 Å². The second kappa shape index (κ2) is 6.28. The molecule has 2 unspecified atom stereocenters. The van der Waals surface area contributed by atoms with Gasteiger partial charge in [0.15, 0.2) is 0 Å². The lowest BCUT2D eigenvalue weighted by Crippen LogP contribution is -2.42. The van der Waals surface area contributed by atoms with Crippen LogP contribution >= 0.6 is 0 Å². The van der Waals surface area contributed by atoms with Crippen molar-refractivity contribution in [2.45, 2.75) is 50.6 Å². The number of nitrogens with zero attached hydrogens (tertiary/aromatic N) is 1. The van der Waals surface area contributed by atoms with Gasteiger partial charge in [-0.25, -0.2) is 0 Å². The quantitative estimate of drug-likeness (QED) is 0.904. The van der Waals surface area contributed by atoms with E-state index < -0.39 is 0 Å². The second-order valence-corrected chi connectivity index (χ2v) is 6.68. The molecule has 1 aromatic rings. The number of nitrogens with one attached hydrogen (secondary N) is 1. The van der Waals surface area contributed by atoms with Gasteiger partial charge in [-0.1, -0.05) is 43.5 Å². The number of hydrogen-bond acceptors (Lipinski definition) is 2. The van der Waals surface area contributed by atoms with Crippen molar-refractivity contribution in [1.82, 2.24) is 10.2 Å². The molecule has 20 heavy (non-hydrogen) atoms. The highest BCUT2D eigenvalue weighted by atomic mass is 15.2. The normalized spacial score (nSPS) is 26.9. The summed E-state index contributed by atoms with van der Waals surface area (Å²) in [7, 11) is 4.43. The van der Waals surface area contributed by atoms with Crippen molar-refractivity contribution in [3.8, 4) is 0 Å². The zero-order valence-electron chi connectivity index (χ0n) is 12.9. The highest BCUT2D eigenvalue weighted by Gasteiger charge is 2.34. The van der Waals surface area contributed by atoms with Gasteiger partial charge in [-0.05, 0) is 50.4 Å². The third-order valence-electron chi connectivity index (χ3n) is 5.35. The van der Waals surface area contributed by atoms with E-state index in [1.807, 2.05) is 0 Å². The van der Waals surface area contributed by atoms with Crippen LogP contribution in [0.4, 0.5) is 0 Å². The van der Waals surface area contributed by atoms with Crippen molar-refractivity contribution >= 4 is 0 Å². The fourth-order valence-electron chi connectivity index (χ4n) is 4.24. The van der Waals surface area contributed by atoms with Crippen molar-refractivity contribution in [3.05, 3.63) is 35.4 Å². The fraction of sp³-hybridized carbons (Fsp3) is 0.667. The Labute approximate surface area is 123 Å². The fourth-order valence-corrected chi connectivity index (χ4v) is 4.24. The molecule has 0 aliphatic heterocycles. The molecule has 1 N–H and O–H groups in total. The molecule has 0 amide bonds. The first-order valence-electron chi connectivity index (χ1n) is 8.25. The Kier molecular flexibility index (Phi) is 4.42. The summed E-state index contributed by atoms with van der Waals surface area (Å²) >= 11 is 0. The minimum Gasteiger partial charge on any atom is -0.312 e. The van der Waals surface area contributed by atoms with Crippen molar-refractivity contribution in [2.75, 3.05) is 20.6 Å². The summed E-state index contributed by atoms with van der Waals surface area (Å²) in [5, 5.41) is 3.55. The Morgan fingerprint density at radius 1 is 1.15 bits per heavy atom. The molecule has 0 radical (unpaired) electrons. The zero-order chi connectivity index (χ0) is 13.9. The van der Waals surface area contributed by atoms with Gasteiger partial charge in [0.1, 0.15) is 0 Å². The third-order valence-corrected chi connectivity index (χ3v) is 5.35. The standard InChI is InChI=1S/C18H28N2/c1-19-18-16-11-7-6-10-15(16)12-17(18)20(2)13-14-8-4-3-5-9-14/h6-7,10-11,14,17-19H,3-5,8-9,12-13H2,1-2H3. The molecule has 1 aromatic carbocycles. The molecule has 0 bridgehead atoms. The number of fused-ring (bicyclic) bond motifs is 1. The SMILES string of the molecule is CNC1c2ccccc2CC1N(C)CC1CCCCC1.